The highest BCUT2D eigenvalue weighted by atomic mass is 127. The van der Waals surface area contributed by atoms with Gasteiger partial charge in [-0.2, -0.15) is 0 Å². The lowest BCUT2D eigenvalue weighted by molar-refractivity contribution is -0.114. The van der Waals surface area contributed by atoms with E-state index in [1.807, 2.05) is 80.4 Å². The van der Waals surface area contributed by atoms with Gasteiger partial charge in [0.05, 0.1) is 6.61 Å². The number of halogens is 1. The molecule has 0 atom stereocenters. The van der Waals surface area contributed by atoms with Gasteiger partial charge in [0.2, 0.25) is 5.91 Å². The molecule has 0 unspecified atom stereocenters. The van der Waals surface area contributed by atoms with Crippen molar-refractivity contribution in [2.75, 3.05) is 32.1 Å². The topological polar surface area (TPSA) is 66.0 Å². The minimum Gasteiger partial charge on any atom is -0.494 e. The van der Waals surface area contributed by atoms with Crippen LogP contribution >= 0.6 is 24.0 Å². The molecule has 0 heterocycles. The second-order valence-electron chi connectivity index (χ2n) is 6.02. The lowest BCUT2D eigenvalue weighted by Gasteiger charge is -2.22. The van der Waals surface area contributed by atoms with Gasteiger partial charge in [0.15, 0.2) is 5.96 Å². The lowest BCUT2D eigenvalue weighted by Crippen LogP contribution is -2.39. The first-order chi connectivity index (χ1) is 13.1. The van der Waals surface area contributed by atoms with E-state index < -0.39 is 0 Å². The molecule has 0 aliphatic carbocycles. The summed E-state index contributed by atoms with van der Waals surface area (Å²) in [6.45, 7) is 6.09. The smallest absolute Gasteiger partial charge is 0.246 e. The number of ether oxygens (including phenoxy) is 1. The van der Waals surface area contributed by atoms with E-state index in [-0.39, 0.29) is 36.4 Å². The Morgan fingerprint density at radius 2 is 1.75 bits per heavy atom. The van der Waals surface area contributed by atoms with Crippen molar-refractivity contribution in [2.45, 2.75) is 20.4 Å². The molecular formula is C21H29IN4O2. The first kappa shape index (κ1) is 23.7. The molecule has 2 aromatic carbocycles. The Bertz CT molecular complexity index is 736. The van der Waals surface area contributed by atoms with Crippen LogP contribution in [0, 0.1) is 0 Å². The van der Waals surface area contributed by atoms with Crippen molar-refractivity contribution in [1.82, 2.24) is 10.2 Å². The number of carbonyl (C=O) groups is 1. The Morgan fingerprint density at radius 3 is 2.36 bits per heavy atom. The van der Waals surface area contributed by atoms with Crippen molar-refractivity contribution >= 4 is 41.5 Å². The normalized spacial score (nSPS) is 10.6. The third-order valence-corrected chi connectivity index (χ3v) is 3.78. The van der Waals surface area contributed by atoms with Gasteiger partial charge in [0, 0.05) is 25.8 Å². The fourth-order valence-corrected chi connectivity index (χ4v) is 2.54. The Labute approximate surface area is 184 Å². The minimum atomic E-state index is -0.147. The highest BCUT2D eigenvalue weighted by Gasteiger charge is 2.08. The molecule has 0 saturated heterocycles. The maximum absolute atomic E-state index is 12.1. The molecule has 0 aliphatic rings. The minimum absolute atomic E-state index is 0. The zero-order chi connectivity index (χ0) is 19.5. The Morgan fingerprint density at radius 1 is 1.07 bits per heavy atom. The Kier molecular flexibility index (Phi) is 11.0. The predicted octanol–water partition coefficient (Wildman–Crippen LogP) is 3.74. The summed E-state index contributed by atoms with van der Waals surface area (Å²) >= 11 is 0. The summed E-state index contributed by atoms with van der Waals surface area (Å²) in [4.78, 5) is 18.6. The SMILES string of the molecule is CCNC(=NCC(=O)Nc1ccccc1)N(C)Cc1ccc(OCC)cc1.I. The van der Waals surface area contributed by atoms with E-state index in [2.05, 4.69) is 15.6 Å². The van der Waals surface area contributed by atoms with Crippen molar-refractivity contribution in [1.29, 1.82) is 0 Å². The number of benzene rings is 2. The van der Waals surface area contributed by atoms with E-state index in [1.165, 1.54) is 0 Å². The van der Waals surface area contributed by atoms with Crippen LogP contribution in [-0.4, -0.2) is 43.5 Å². The molecule has 0 spiro atoms. The van der Waals surface area contributed by atoms with Crippen LogP contribution in [0.15, 0.2) is 59.6 Å². The number of carbonyl (C=O) groups excluding carboxylic acids is 1. The van der Waals surface area contributed by atoms with Gasteiger partial charge in [-0.3, -0.25) is 4.79 Å². The number of hydrogen-bond acceptors (Lipinski definition) is 3. The maximum Gasteiger partial charge on any atom is 0.246 e. The zero-order valence-electron chi connectivity index (χ0n) is 16.6. The summed E-state index contributed by atoms with van der Waals surface area (Å²) < 4.78 is 5.47. The number of guanidine groups is 1. The maximum atomic E-state index is 12.1. The van der Waals surface area contributed by atoms with Crippen LogP contribution in [0.4, 0.5) is 5.69 Å². The van der Waals surface area contributed by atoms with Gasteiger partial charge >= 0.3 is 0 Å². The van der Waals surface area contributed by atoms with E-state index >= 15 is 0 Å². The quantitative estimate of drug-likeness (QED) is 0.332. The molecule has 0 aromatic heterocycles. The number of aliphatic imine (C=N–C) groups is 1. The highest BCUT2D eigenvalue weighted by molar-refractivity contribution is 14.0. The monoisotopic (exact) mass is 496 g/mol. The van der Waals surface area contributed by atoms with Crippen molar-refractivity contribution in [3.8, 4) is 5.75 Å². The van der Waals surface area contributed by atoms with Gasteiger partial charge in [-0.05, 0) is 43.7 Å². The number of nitrogens with zero attached hydrogens (tertiary/aromatic N) is 2. The van der Waals surface area contributed by atoms with Crippen molar-refractivity contribution in [2.24, 2.45) is 4.99 Å². The van der Waals surface area contributed by atoms with Crippen molar-refractivity contribution in [3.05, 3.63) is 60.2 Å². The van der Waals surface area contributed by atoms with Gasteiger partial charge in [-0.1, -0.05) is 30.3 Å². The summed E-state index contributed by atoms with van der Waals surface area (Å²) in [6, 6.07) is 17.4. The van der Waals surface area contributed by atoms with Crippen LogP contribution in [0.1, 0.15) is 19.4 Å². The summed E-state index contributed by atoms with van der Waals surface area (Å²) in [6.07, 6.45) is 0. The molecule has 6 nitrogen and oxygen atoms in total. The molecule has 0 aliphatic heterocycles. The van der Waals surface area contributed by atoms with Crippen LogP contribution < -0.4 is 15.4 Å². The molecule has 2 N–H and O–H groups in total. The number of rotatable bonds is 8. The second-order valence-corrected chi connectivity index (χ2v) is 6.02. The first-order valence-electron chi connectivity index (χ1n) is 9.18. The summed E-state index contributed by atoms with van der Waals surface area (Å²) in [7, 11) is 1.95. The first-order valence-corrected chi connectivity index (χ1v) is 9.18. The van der Waals surface area contributed by atoms with E-state index in [4.69, 9.17) is 4.74 Å². The zero-order valence-corrected chi connectivity index (χ0v) is 19.0. The van der Waals surface area contributed by atoms with Gasteiger partial charge in [-0.25, -0.2) is 4.99 Å². The van der Waals surface area contributed by atoms with Gasteiger partial charge < -0.3 is 20.3 Å². The molecule has 2 aromatic rings. The number of hydrogen-bond donors (Lipinski definition) is 2. The van der Waals surface area contributed by atoms with E-state index in [0.717, 1.165) is 23.5 Å². The number of nitrogens with one attached hydrogen (secondary N) is 2. The average molecular weight is 496 g/mol. The summed E-state index contributed by atoms with van der Waals surface area (Å²) in [5.41, 5.74) is 1.91. The molecule has 0 fully saturated rings. The van der Waals surface area contributed by atoms with Crippen LogP contribution in [0.3, 0.4) is 0 Å². The fourth-order valence-electron chi connectivity index (χ4n) is 2.54. The molecule has 0 bridgehead atoms. The van der Waals surface area contributed by atoms with Crippen LogP contribution in [0.2, 0.25) is 0 Å². The van der Waals surface area contributed by atoms with E-state index in [0.29, 0.717) is 19.1 Å². The van der Waals surface area contributed by atoms with Crippen LogP contribution in [0.25, 0.3) is 0 Å². The number of amides is 1. The molecule has 0 radical (unpaired) electrons. The molecule has 0 saturated carbocycles. The average Bonchev–Trinajstić information content (AvgIpc) is 2.67. The van der Waals surface area contributed by atoms with Crippen molar-refractivity contribution in [3.63, 3.8) is 0 Å². The number of para-hydroxylation sites is 1. The Balaban J connectivity index is 0.00000392. The summed E-state index contributed by atoms with van der Waals surface area (Å²) in [5, 5.41) is 6.06. The van der Waals surface area contributed by atoms with Crippen molar-refractivity contribution < 1.29 is 9.53 Å². The molecule has 1 amide bonds. The lowest BCUT2D eigenvalue weighted by atomic mass is 10.2. The van der Waals surface area contributed by atoms with E-state index in [1.54, 1.807) is 0 Å². The standard InChI is InChI=1S/C21H28N4O2.HI/c1-4-22-21(23-15-20(26)24-18-9-7-6-8-10-18)25(3)16-17-11-13-19(14-12-17)27-5-2;/h6-14H,4-5,15-16H2,1-3H3,(H,22,23)(H,24,26);1H. The van der Waals surface area contributed by atoms with E-state index in [9.17, 15) is 4.79 Å². The Hall–Kier alpha value is -2.29. The molecule has 152 valence electrons. The molecule has 28 heavy (non-hydrogen) atoms. The fraction of sp³-hybridized carbons (Fsp3) is 0.333. The third kappa shape index (κ3) is 8.16. The molecule has 2 rings (SSSR count). The van der Waals surface area contributed by atoms with Crippen LogP contribution in [0.5, 0.6) is 5.75 Å². The van der Waals surface area contributed by atoms with Crippen LogP contribution in [-0.2, 0) is 11.3 Å². The predicted molar refractivity (Wildman–Crippen MR) is 126 cm³/mol. The largest absolute Gasteiger partial charge is 0.494 e. The molecular weight excluding hydrogens is 467 g/mol. The highest BCUT2D eigenvalue weighted by Crippen LogP contribution is 2.13. The second kappa shape index (κ2) is 13.0. The third-order valence-electron chi connectivity index (χ3n) is 3.78. The van der Waals surface area contributed by atoms with Gasteiger partial charge in [0.1, 0.15) is 12.3 Å². The molecule has 7 heteroatoms. The van der Waals surface area contributed by atoms with Gasteiger partial charge in [-0.15, -0.1) is 24.0 Å². The summed E-state index contributed by atoms with van der Waals surface area (Å²) in [5.74, 6) is 1.41. The van der Waals surface area contributed by atoms with Gasteiger partial charge in [0.25, 0.3) is 0 Å². The number of anilines is 1.